The fourth-order valence-corrected chi connectivity index (χ4v) is 2.78. The topological polar surface area (TPSA) is 76.0 Å². The molecule has 0 spiro atoms. The van der Waals surface area contributed by atoms with Crippen molar-refractivity contribution < 1.29 is 9.59 Å². The van der Waals surface area contributed by atoms with Gasteiger partial charge in [-0.2, -0.15) is 0 Å². The molecule has 0 saturated carbocycles. The van der Waals surface area contributed by atoms with Crippen LogP contribution in [0.25, 0.3) is 0 Å². The molecule has 3 aromatic rings. The van der Waals surface area contributed by atoms with E-state index >= 15 is 0 Å². The number of hydrogen-bond donors (Lipinski definition) is 2. The van der Waals surface area contributed by atoms with Crippen molar-refractivity contribution in [2.24, 2.45) is 0 Å². The first kappa shape index (κ1) is 18.8. The van der Waals surface area contributed by atoms with Crippen LogP contribution in [-0.2, 0) is 11.3 Å². The SMILES string of the molecule is Cc1cc(NC(=O)c2cccc(NC(=O)CCn3ccnc3)c2)ccc1Br. The maximum atomic E-state index is 12.5. The number of amides is 2. The molecule has 0 aliphatic heterocycles. The number of nitrogens with one attached hydrogen (secondary N) is 2. The van der Waals surface area contributed by atoms with Crippen molar-refractivity contribution in [3.05, 3.63) is 76.8 Å². The Morgan fingerprint density at radius 1 is 1.11 bits per heavy atom. The molecule has 0 aliphatic carbocycles. The van der Waals surface area contributed by atoms with E-state index in [1.807, 2.05) is 35.9 Å². The van der Waals surface area contributed by atoms with Gasteiger partial charge in [0.25, 0.3) is 5.91 Å². The maximum Gasteiger partial charge on any atom is 0.255 e. The molecule has 2 amide bonds. The van der Waals surface area contributed by atoms with Crippen LogP contribution in [0.5, 0.6) is 0 Å². The van der Waals surface area contributed by atoms with Crippen molar-refractivity contribution >= 4 is 39.1 Å². The van der Waals surface area contributed by atoms with Crippen LogP contribution >= 0.6 is 15.9 Å². The first-order chi connectivity index (χ1) is 13.0. The molecule has 1 heterocycles. The number of halogens is 1. The summed E-state index contributed by atoms with van der Waals surface area (Å²) in [6.45, 7) is 2.51. The zero-order valence-electron chi connectivity index (χ0n) is 14.8. The van der Waals surface area contributed by atoms with Crippen LogP contribution in [-0.4, -0.2) is 21.4 Å². The molecule has 0 fully saturated rings. The Labute approximate surface area is 165 Å². The van der Waals surface area contributed by atoms with Crippen LogP contribution in [0.15, 0.2) is 65.7 Å². The molecule has 0 atom stereocenters. The highest BCUT2D eigenvalue weighted by atomic mass is 79.9. The van der Waals surface area contributed by atoms with E-state index in [1.54, 1.807) is 36.8 Å². The summed E-state index contributed by atoms with van der Waals surface area (Å²) in [5.74, 6) is -0.351. The number of nitrogens with zero attached hydrogens (tertiary/aromatic N) is 2. The fraction of sp³-hybridized carbons (Fsp3) is 0.150. The Morgan fingerprint density at radius 3 is 2.67 bits per heavy atom. The monoisotopic (exact) mass is 426 g/mol. The highest BCUT2D eigenvalue weighted by molar-refractivity contribution is 9.10. The molecule has 0 saturated heterocycles. The number of hydrogen-bond acceptors (Lipinski definition) is 3. The number of aromatic nitrogens is 2. The van der Waals surface area contributed by atoms with Gasteiger partial charge in [-0.1, -0.05) is 22.0 Å². The van der Waals surface area contributed by atoms with Crippen LogP contribution in [0.2, 0.25) is 0 Å². The van der Waals surface area contributed by atoms with Crippen molar-refractivity contribution in [1.29, 1.82) is 0 Å². The summed E-state index contributed by atoms with van der Waals surface area (Å²) < 4.78 is 2.82. The minimum absolute atomic E-state index is 0.121. The summed E-state index contributed by atoms with van der Waals surface area (Å²) >= 11 is 3.44. The van der Waals surface area contributed by atoms with Gasteiger partial charge in [0.15, 0.2) is 0 Å². The van der Waals surface area contributed by atoms with Gasteiger partial charge in [0.1, 0.15) is 0 Å². The number of anilines is 2. The van der Waals surface area contributed by atoms with E-state index in [0.29, 0.717) is 24.2 Å². The van der Waals surface area contributed by atoms with Gasteiger partial charge in [0.05, 0.1) is 6.33 Å². The first-order valence-electron chi connectivity index (χ1n) is 8.44. The molecule has 6 nitrogen and oxygen atoms in total. The summed E-state index contributed by atoms with van der Waals surface area (Å²) in [7, 11) is 0. The Balaban J connectivity index is 1.61. The van der Waals surface area contributed by atoms with Gasteiger partial charge in [-0.3, -0.25) is 9.59 Å². The smallest absolute Gasteiger partial charge is 0.255 e. The molecule has 2 aromatic carbocycles. The van der Waals surface area contributed by atoms with Gasteiger partial charge in [-0.05, 0) is 48.9 Å². The van der Waals surface area contributed by atoms with Gasteiger partial charge < -0.3 is 15.2 Å². The Hall–Kier alpha value is -2.93. The van der Waals surface area contributed by atoms with E-state index in [4.69, 9.17) is 0 Å². The zero-order valence-corrected chi connectivity index (χ0v) is 16.4. The normalized spacial score (nSPS) is 10.4. The summed E-state index contributed by atoms with van der Waals surface area (Å²) in [5, 5.41) is 5.69. The molecule has 1 aromatic heterocycles. The van der Waals surface area contributed by atoms with Gasteiger partial charge >= 0.3 is 0 Å². The zero-order chi connectivity index (χ0) is 19.2. The summed E-state index contributed by atoms with van der Waals surface area (Å²) in [5.41, 5.74) is 2.82. The lowest BCUT2D eigenvalue weighted by Crippen LogP contribution is -2.15. The molecule has 0 bridgehead atoms. The van der Waals surface area contributed by atoms with E-state index in [-0.39, 0.29) is 11.8 Å². The number of rotatable bonds is 6. The number of benzene rings is 2. The van der Waals surface area contributed by atoms with Gasteiger partial charge in [-0.15, -0.1) is 0 Å². The molecule has 27 heavy (non-hydrogen) atoms. The van der Waals surface area contributed by atoms with Crippen LogP contribution in [0.1, 0.15) is 22.3 Å². The van der Waals surface area contributed by atoms with E-state index < -0.39 is 0 Å². The standard InChI is InChI=1S/C20H19BrN4O2/c1-14-11-17(5-6-18(14)21)24-20(27)15-3-2-4-16(12-15)23-19(26)7-9-25-10-8-22-13-25/h2-6,8,10-13H,7,9H2,1H3,(H,23,26)(H,24,27). The average molecular weight is 427 g/mol. The van der Waals surface area contributed by atoms with Crippen LogP contribution in [0, 0.1) is 6.92 Å². The Morgan fingerprint density at radius 2 is 1.93 bits per heavy atom. The average Bonchev–Trinajstić information content (AvgIpc) is 3.17. The third-order valence-corrected chi connectivity index (χ3v) is 4.87. The number of imidazole rings is 1. The second kappa shape index (κ2) is 8.64. The van der Waals surface area contributed by atoms with Crippen LogP contribution < -0.4 is 10.6 Å². The van der Waals surface area contributed by atoms with Crippen molar-refractivity contribution in [3.8, 4) is 0 Å². The van der Waals surface area contributed by atoms with E-state index in [1.165, 1.54) is 0 Å². The second-order valence-corrected chi connectivity index (χ2v) is 6.95. The molecule has 0 radical (unpaired) electrons. The van der Waals surface area contributed by atoms with Crippen molar-refractivity contribution in [3.63, 3.8) is 0 Å². The van der Waals surface area contributed by atoms with E-state index in [2.05, 4.69) is 31.5 Å². The second-order valence-electron chi connectivity index (χ2n) is 6.10. The lowest BCUT2D eigenvalue weighted by molar-refractivity contribution is -0.116. The molecule has 7 heteroatoms. The molecule has 0 aliphatic rings. The lowest BCUT2D eigenvalue weighted by Gasteiger charge is -2.09. The number of carbonyl (C=O) groups excluding carboxylic acids is 2. The van der Waals surface area contributed by atoms with E-state index in [9.17, 15) is 9.59 Å². The maximum absolute atomic E-state index is 12.5. The molecular formula is C20H19BrN4O2. The highest BCUT2D eigenvalue weighted by Gasteiger charge is 2.09. The minimum Gasteiger partial charge on any atom is -0.337 e. The fourth-order valence-electron chi connectivity index (χ4n) is 2.54. The molecule has 138 valence electrons. The lowest BCUT2D eigenvalue weighted by atomic mass is 10.1. The predicted octanol–water partition coefficient (Wildman–Crippen LogP) is 4.24. The predicted molar refractivity (Wildman–Crippen MR) is 109 cm³/mol. The number of carbonyl (C=O) groups is 2. The third-order valence-electron chi connectivity index (χ3n) is 3.98. The van der Waals surface area contributed by atoms with Gasteiger partial charge in [0, 0.05) is 46.8 Å². The minimum atomic E-state index is -0.230. The quantitative estimate of drug-likeness (QED) is 0.618. The van der Waals surface area contributed by atoms with Crippen molar-refractivity contribution in [2.45, 2.75) is 19.9 Å². The Bertz CT molecular complexity index is 954. The van der Waals surface area contributed by atoms with Crippen molar-refractivity contribution in [2.75, 3.05) is 10.6 Å². The molecular weight excluding hydrogens is 408 g/mol. The molecule has 3 rings (SSSR count). The first-order valence-corrected chi connectivity index (χ1v) is 9.24. The summed E-state index contributed by atoms with van der Waals surface area (Å²) in [6, 6.07) is 12.5. The molecule has 0 unspecified atom stereocenters. The largest absolute Gasteiger partial charge is 0.337 e. The highest BCUT2D eigenvalue weighted by Crippen LogP contribution is 2.21. The Kier molecular flexibility index (Phi) is 6.03. The number of aryl methyl sites for hydroxylation is 2. The molecule has 2 N–H and O–H groups in total. The summed E-state index contributed by atoms with van der Waals surface area (Å²) in [4.78, 5) is 28.5. The summed E-state index contributed by atoms with van der Waals surface area (Å²) in [6.07, 6.45) is 5.47. The van der Waals surface area contributed by atoms with Crippen molar-refractivity contribution in [1.82, 2.24) is 9.55 Å². The third kappa shape index (κ3) is 5.27. The van der Waals surface area contributed by atoms with Gasteiger partial charge in [0.2, 0.25) is 5.91 Å². The van der Waals surface area contributed by atoms with Crippen LogP contribution in [0.3, 0.4) is 0 Å². The van der Waals surface area contributed by atoms with Crippen LogP contribution in [0.4, 0.5) is 11.4 Å². The van der Waals surface area contributed by atoms with Gasteiger partial charge in [-0.25, -0.2) is 4.98 Å². The van der Waals surface area contributed by atoms with E-state index in [0.717, 1.165) is 15.7 Å².